The fraction of sp³-hybridized carbons (Fsp3) is 0.0870. The van der Waals surface area contributed by atoms with Crippen LogP contribution in [0, 0.1) is 5.82 Å². The lowest BCUT2D eigenvalue weighted by molar-refractivity contribution is -0.141. The summed E-state index contributed by atoms with van der Waals surface area (Å²) in [4.78, 5) is 35.8. The van der Waals surface area contributed by atoms with Gasteiger partial charge in [0, 0.05) is 5.56 Å². The molecular weight excluding hydrogens is 389 g/mol. The van der Waals surface area contributed by atoms with E-state index in [-0.39, 0.29) is 5.56 Å². The Hall–Kier alpha value is -4.00. The molecule has 0 aliphatic rings. The van der Waals surface area contributed by atoms with E-state index in [0.717, 1.165) is 6.07 Å². The molecule has 0 saturated heterocycles. The number of rotatable bonds is 8. The van der Waals surface area contributed by atoms with Gasteiger partial charge in [-0.15, -0.1) is 0 Å². The van der Waals surface area contributed by atoms with Crippen molar-refractivity contribution in [3.63, 3.8) is 0 Å². The molecule has 0 spiro atoms. The lowest BCUT2D eigenvalue weighted by Gasteiger charge is -2.08. The van der Waals surface area contributed by atoms with Gasteiger partial charge in [-0.25, -0.2) is 4.39 Å². The van der Waals surface area contributed by atoms with Crippen molar-refractivity contribution in [3.8, 4) is 11.5 Å². The van der Waals surface area contributed by atoms with Crippen LogP contribution in [0.1, 0.15) is 20.7 Å². The highest BCUT2D eigenvalue weighted by atomic mass is 19.1. The molecule has 1 N–H and O–H groups in total. The smallest absolute Gasteiger partial charge is 0.325 e. The van der Waals surface area contributed by atoms with Crippen LogP contribution in [0.5, 0.6) is 11.5 Å². The first kappa shape index (κ1) is 20.7. The van der Waals surface area contributed by atoms with Crippen LogP contribution in [0.4, 0.5) is 4.39 Å². The summed E-state index contributed by atoms with van der Waals surface area (Å²) < 4.78 is 24.0. The molecule has 3 aromatic carbocycles. The van der Waals surface area contributed by atoms with Gasteiger partial charge in [-0.2, -0.15) is 0 Å². The molecule has 30 heavy (non-hydrogen) atoms. The van der Waals surface area contributed by atoms with Gasteiger partial charge in [0.15, 0.2) is 6.61 Å². The van der Waals surface area contributed by atoms with Crippen molar-refractivity contribution in [1.82, 2.24) is 5.32 Å². The van der Waals surface area contributed by atoms with E-state index in [1.54, 1.807) is 24.3 Å². The summed E-state index contributed by atoms with van der Waals surface area (Å²) in [5.41, 5.74) is 0.165. The zero-order chi connectivity index (χ0) is 21.3. The van der Waals surface area contributed by atoms with Crippen LogP contribution in [0.3, 0.4) is 0 Å². The summed E-state index contributed by atoms with van der Waals surface area (Å²) >= 11 is 0. The topological polar surface area (TPSA) is 81.7 Å². The molecule has 0 saturated carbocycles. The quantitative estimate of drug-likeness (QED) is 0.454. The molecule has 0 unspecified atom stereocenters. The first-order valence-electron chi connectivity index (χ1n) is 9.07. The Kier molecular flexibility index (Phi) is 6.89. The lowest BCUT2D eigenvalue weighted by atomic mass is 10.1. The summed E-state index contributed by atoms with van der Waals surface area (Å²) in [6.45, 7) is -1.03. The SMILES string of the molecule is O=C(CNC(=O)c1ccc(Oc2ccccc2)cc1)OCC(=O)c1ccccc1F. The molecular formula is C23H18FNO5. The maximum Gasteiger partial charge on any atom is 0.325 e. The minimum absolute atomic E-state index is 0.160. The number of benzene rings is 3. The van der Waals surface area contributed by atoms with E-state index in [4.69, 9.17) is 9.47 Å². The van der Waals surface area contributed by atoms with E-state index in [1.165, 1.54) is 18.2 Å². The third-order valence-corrected chi connectivity index (χ3v) is 4.03. The molecule has 7 heteroatoms. The predicted molar refractivity (Wildman–Crippen MR) is 107 cm³/mol. The number of hydrogen-bond acceptors (Lipinski definition) is 5. The molecule has 0 bridgehead atoms. The van der Waals surface area contributed by atoms with Crippen LogP contribution in [-0.4, -0.2) is 30.8 Å². The van der Waals surface area contributed by atoms with E-state index < -0.39 is 36.6 Å². The average molecular weight is 407 g/mol. The number of hydrogen-bond donors (Lipinski definition) is 1. The molecule has 3 aromatic rings. The highest BCUT2D eigenvalue weighted by Crippen LogP contribution is 2.21. The van der Waals surface area contributed by atoms with E-state index >= 15 is 0 Å². The van der Waals surface area contributed by atoms with Gasteiger partial charge < -0.3 is 14.8 Å². The third kappa shape index (κ3) is 5.75. The van der Waals surface area contributed by atoms with Gasteiger partial charge in [0.25, 0.3) is 5.91 Å². The van der Waals surface area contributed by atoms with Crippen LogP contribution in [0.15, 0.2) is 78.9 Å². The molecule has 0 aromatic heterocycles. The Morgan fingerprint density at radius 1 is 0.800 bits per heavy atom. The van der Waals surface area contributed by atoms with Crippen molar-refractivity contribution in [2.24, 2.45) is 0 Å². The predicted octanol–water partition coefficient (Wildman–Crippen LogP) is 3.77. The highest BCUT2D eigenvalue weighted by Gasteiger charge is 2.14. The number of ether oxygens (including phenoxy) is 2. The largest absolute Gasteiger partial charge is 0.457 e. The van der Waals surface area contributed by atoms with Gasteiger partial charge in [-0.3, -0.25) is 14.4 Å². The number of halogens is 1. The van der Waals surface area contributed by atoms with Crippen molar-refractivity contribution < 1.29 is 28.2 Å². The number of nitrogens with one attached hydrogen (secondary N) is 1. The van der Waals surface area contributed by atoms with Crippen LogP contribution >= 0.6 is 0 Å². The Labute approximate surface area is 172 Å². The van der Waals surface area contributed by atoms with Crippen molar-refractivity contribution >= 4 is 17.7 Å². The highest BCUT2D eigenvalue weighted by molar-refractivity contribution is 5.99. The Bertz CT molecular complexity index is 1030. The van der Waals surface area contributed by atoms with Gasteiger partial charge in [0.05, 0.1) is 5.56 Å². The second kappa shape index (κ2) is 9.97. The third-order valence-electron chi connectivity index (χ3n) is 4.03. The molecule has 1 amide bonds. The van der Waals surface area contributed by atoms with Crippen molar-refractivity contribution in [3.05, 3.63) is 95.8 Å². The monoisotopic (exact) mass is 407 g/mol. The number of esters is 1. The summed E-state index contributed by atoms with van der Waals surface area (Å²) in [7, 11) is 0. The molecule has 0 heterocycles. The first-order valence-corrected chi connectivity index (χ1v) is 9.07. The van der Waals surface area contributed by atoms with E-state index in [9.17, 15) is 18.8 Å². The first-order chi connectivity index (χ1) is 14.5. The molecule has 0 radical (unpaired) electrons. The van der Waals surface area contributed by atoms with Crippen LogP contribution in [0.2, 0.25) is 0 Å². The number of amides is 1. The summed E-state index contributed by atoms with van der Waals surface area (Å²) in [5.74, 6) is -1.42. The van der Waals surface area contributed by atoms with Gasteiger partial charge in [-0.1, -0.05) is 30.3 Å². The van der Waals surface area contributed by atoms with Crippen LogP contribution < -0.4 is 10.1 Å². The Balaban J connectivity index is 1.45. The van der Waals surface area contributed by atoms with E-state index in [2.05, 4.69) is 5.32 Å². The van der Waals surface area contributed by atoms with Crippen molar-refractivity contribution in [2.45, 2.75) is 0 Å². The zero-order valence-corrected chi connectivity index (χ0v) is 15.8. The number of carbonyl (C=O) groups excluding carboxylic acids is 3. The van der Waals surface area contributed by atoms with Crippen molar-refractivity contribution in [1.29, 1.82) is 0 Å². The fourth-order valence-electron chi connectivity index (χ4n) is 2.52. The summed E-state index contributed by atoms with van der Waals surface area (Å²) in [6.07, 6.45) is 0. The maximum absolute atomic E-state index is 13.5. The van der Waals surface area contributed by atoms with E-state index in [1.807, 2.05) is 30.3 Å². The van der Waals surface area contributed by atoms with Gasteiger partial charge in [0.1, 0.15) is 23.9 Å². The Morgan fingerprint density at radius 3 is 2.13 bits per heavy atom. The minimum atomic E-state index is -0.808. The molecule has 0 aliphatic carbocycles. The van der Waals surface area contributed by atoms with Gasteiger partial charge in [0.2, 0.25) is 5.78 Å². The normalized spacial score (nSPS) is 10.2. The molecule has 0 fully saturated rings. The number of para-hydroxylation sites is 1. The molecule has 0 aliphatic heterocycles. The van der Waals surface area contributed by atoms with Crippen molar-refractivity contribution in [2.75, 3.05) is 13.2 Å². The van der Waals surface area contributed by atoms with Gasteiger partial charge >= 0.3 is 5.97 Å². The molecule has 152 valence electrons. The molecule has 3 rings (SSSR count). The number of ketones is 1. The summed E-state index contributed by atoms with van der Waals surface area (Å²) in [5, 5.41) is 2.40. The van der Waals surface area contributed by atoms with Gasteiger partial charge in [-0.05, 0) is 48.5 Å². The molecule has 0 atom stereocenters. The second-order valence-electron chi connectivity index (χ2n) is 6.19. The maximum atomic E-state index is 13.5. The number of carbonyl (C=O) groups is 3. The van der Waals surface area contributed by atoms with Crippen LogP contribution in [-0.2, 0) is 9.53 Å². The number of Topliss-reactive ketones (excluding diaryl/α,β-unsaturated/α-hetero) is 1. The summed E-state index contributed by atoms with van der Waals surface area (Å²) in [6, 6.07) is 21.0. The minimum Gasteiger partial charge on any atom is -0.457 e. The Morgan fingerprint density at radius 2 is 1.43 bits per heavy atom. The second-order valence-corrected chi connectivity index (χ2v) is 6.19. The molecule has 6 nitrogen and oxygen atoms in total. The fourth-order valence-corrected chi connectivity index (χ4v) is 2.52. The average Bonchev–Trinajstić information content (AvgIpc) is 2.77. The zero-order valence-electron chi connectivity index (χ0n) is 15.8. The lowest BCUT2D eigenvalue weighted by Crippen LogP contribution is -2.31. The standard InChI is InChI=1S/C23H18FNO5/c24-20-9-5-4-8-19(20)21(26)15-29-22(27)14-25-23(28)16-10-12-18(13-11-16)30-17-6-2-1-3-7-17/h1-13H,14-15H2,(H,25,28). The van der Waals surface area contributed by atoms with Crippen LogP contribution in [0.25, 0.3) is 0 Å². The van der Waals surface area contributed by atoms with E-state index in [0.29, 0.717) is 17.1 Å².